The molecule has 0 spiro atoms. The van der Waals surface area contributed by atoms with E-state index in [1.54, 1.807) is 12.3 Å². The van der Waals surface area contributed by atoms with Gasteiger partial charge in [0.05, 0.1) is 17.3 Å². The van der Waals surface area contributed by atoms with Crippen LogP contribution in [0.2, 0.25) is 0 Å². The van der Waals surface area contributed by atoms with Crippen LogP contribution < -0.4 is 11.1 Å². The number of rotatable bonds is 2. The third-order valence-electron chi connectivity index (χ3n) is 3.92. The summed E-state index contributed by atoms with van der Waals surface area (Å²) in [6.45, 7) is 0. The average Bonchev–Trinajstić information content (AvgIpc) is 2.45. The van der Waals surface area contributed by atoms with Crippen molar-refractivity contribution in [3.8, 4) is 0 Å². The average molecular weight is 275 g/mol. The number of benzene rings is 1. The van der Waals surface area contributed by atoms with Crippen molar-refractivity contribution in [3.05, 3.63) is 30.2 Å². The third kappa shape index (κ3) is 2.41. The number of pyridine rings is 1. The Kier molecular flexibility index (Phi) is 3.44. The lowest BCUT2D eigenvalue weighted by atomic mass is 9.93. The second-order valence-corrected chi connectivity index (χ2v) is 5.37. The summed E-state index contributed by atoms with van der Waals surface area (Å²) >= 11 is 0. The maximum atomic E-state index is 14.2. The predicted octanol–water partition coefficient (Wildman–Crippen LogP) is 2.67. The van der Waals surface area contributed by atoms with E-state index in [1.807, 2.05) is 6.07 Å². The number of nitrogens with one attached hydrogen (secondary N) is 1. The summed E-state index contributed by atoms with van der Waals surface area (Å²) in [5.41, 5.74) is 7.21. The Morgan fingerprint density at radius 2 is 2.05 bits per heavy atom. The van der Waals surface area contributed by atoms with Gasteiger partial charge in [-0.15, -0.1) is 0 Å². The Morgan fingerprint density at radius 1 is 1.30 bits per heavy atom. The highest BCUT2D eigenvalue weighted by atomic mass is 19.1. The van der Waals surface area contributed by atoms with Crippen LogP contribution in [-0.2, 0) is 0 Å². The SMILES string of the molecule is Nc1cc(F)c(NC2CCC(O)CC2)c2ncccc12. The number of hydrogen-bond donors (Lipinski definition) is 3. The second kappa shape index (κ2) is 5.25. The number of nitrogens with zero attached hydrogens (tertiary/aromatic N) is 1. The summed E-state index contributed by atoms with van der Waals surface area (Å²) < 4.78 is 14.2. The molecule has 0 radical (unpaired) electrons. The molecule has 20 heavy (non-hydrogen) atoms. The van der Waals surface area contributed by atoms with E-state index in [9.17, 15) is 9.50 Å². The smallest absolute Gasteiger partial charge is 0.150 e. The molecule has 1 fully saturated rings. The van der Waals surface area contributed by atoms with Crippen molar-refractivity contribution in [3.63, 3.8) is 0 Å². The zero-order valence-corrected chi connectivity index (χ0v) is 11.1. The summed E-state index contributed by atoms with van der Waals surface area (Å²) in [5, 5.41) is 13.5. The number of nitrogens with two attached hydrogens (primary N) is 1. The molecule has 5 heteroatoms. The lowest BCUT2D eigenvalue weighted by Crippen LogP contribution is -2.28. The molecule has 0 amide bonds. The van der Waals surface area contributed by atoms with Gasteiger partial charge in [0, 0.05) is 23.3 Å². The monoisotopic (exact) mass is 275 g/mol. The summed E-state index contributed by atoms with van der Waals surface area (Å²) in [7, 11) is 0. The van der Waals surface area contributed by atoms with Gasteiger partial charge >= 0.3 is 0 Å². The van der Waals surface area contributed by atoms with Crippen molar-refractivity contribution >= 4 is 22.3 Å². The number of aliphatic hydroxyl groups excluding tert-OH is 1. The van der Waals surface area contributed by atoms with E-state index in [0.717, 1.165) is 31.1 Å². The molecule has 0 unspecified atom stereocenters. The van der Waals surface area contributed by atoms with Crippen LogP contribution in [0.4, 0.5) is 15.8 Å². The molecule has 1 aliphatic carbocycles. The maximum Gasteiger partial charge on any atom is 0.150 e. The molecule has 0 aliphatic heterocycles. The molecule has 0 bridgehead atoms. The topological polar surface area (TPSA) is 71.2 Å². The molecular weight excluding hydrogens is 257 g/mol. The van der Waals surface area contributed by atoms with Gasteiger partial charge in [-0.25, -0.2) is 4.39 Å². The van der Waals surface area contributed by atoms with Gasteiger partial charge in [0.25, 0.3) is 0 Å². The molecule has 1 aromatic heterocycles. The first-order chi connectivity index (χ1) is 9.65. The standard InChI is InChI=1S/C15H18FN3O/c16-12-8-13(17)11-2-1-7-18-14(11)15(12)19-9-3-5-10(20)6-4-9/h1-2,7-10,19-20H,3-6,17H2. The van der Waals surface area contributed by atoms with Crippen molar-refractivity contribution in [1.82, 2.24) is 4.98 Å². The number of aromatic nitrogens is 1. The minimum atomic E-state index is -0.375. The fourth-order valence-corrected chi connectivity index (χ4v) is 2.80. The van der Waals surface area contributed by atoms with E-state index in [4.69, 9.17) is 5.73 Å². The molecule has 4 nitrogen and oxygen atoms in total. The number of hydrogen-bond acceptors (Lipinski definition) is 4. The van der Waals surface area contributed by atoms with E-state index < -0.39 is 0 Å². The molecule has 1 aromatic carbocycles. The predicted molar refractivity (Wildman–Crippen MR) is 78.0 cm³/mol. The lowest BCUT2D eigenvalue weighted by molar-refractivity contribution is 0.126. The zero-order valence-electron chi connectivity index (χ0n) is 11.1. The van der Waals surface area contributed by atoms with Gasteiger partial charge < -0.3 is 16.2 Å². The quantitative estimate of drug-likeness (QED) is 0.737. The van der Waals surface area contributed by atoms with Crippen LogP contribution >= 0.6 is 0 Å². The highest BCUT2D eigenvalue weighted by Crippen LogP contribution is 2.32. The minimum Gasteiger partial charge on any atom is -0.398 e. The first-order valence-electron chi connectivity index (χ1n) is 6.92. The molecule has 4 N–H and O–H groups in total. The van der Waals surface area contributed by atoms with Crippen LogP contribution in [0.25, 0.3) is 10.9 Å². The van der Waals surface area contributed by atoms with Crippen molar-refractivity contribution in [2.24, 2.45) is 0 Å². The van der Waals surface area contributed by atoms with Crippen LogP contribution in [0.5, 0.6) is 0 Å². The van der Waals surface area contributed by atoms with E-state index >= 15 is 0 Å². The summed E-state index contributed by atoms with van der Waals surface area (Å²) in [6, 6.07) is 5.13. The third-order valence-corrected chi connectivity index (χ3v) is 3.92. The highest BCUT2D eigenvalue weighted by Gasteiger charge is 2.21. The van der Waals surface area contributed by atoms with Gasteiger partial charge in [-0.05, 0) is 43.9 Å². The number of aliphatic hydroxyl groups is 1. The first kappa shape index (κ1) is 13.1. The van der Waals surface area contributed by atoms with Gasteiger partial charge in [0.1, 0.15) is 0 Å². The van der Waals surface area contributed by atoms with Crippen molar-refractivity contribution in [2.45, 2.75) is 37.8 Å². The van der Waals surface area contributed by atoms with Gasteiger partial charge in [-0.1, -0.05) is 0 Å². The van der Waals surface area contributed by atoms with E-state index in [0.29, 0.717) is 16.9 Å². The van der Waals surface area contributed by atoms with E-state index in [-0.39, 0.29) is 18.0 Å². The number of anilines is 2. The highest BCUT2D eigenvalue weighted by molar-refractivity contribution is 5.98. The Labute approximate surface area is 116 Å². The van der Waals surface area contributed by atoms with Crippen molar-refractivity contribution in [2.75, 3.05) is 11.1 Å². The molecule has 1 saturated carbocycles. The molecule has 2 aromatic rings. The molecule has 1 aliphatic rings. The summed E-state index contributed by atoms with van der Waals surface area (Å²) in [4.78, 5) is 4.25. The number of halogens is 1. The van der Waals surface area contributed by atoms with Crippen LogP contribution in [0.3, 0.4) is 0 Å². The van der Waals surface area contributed by atoms with Gasteiger partial charge in [-0.3, -0.25) is 4.98 Å². The number of fused-ring (bicyclic) bond motifs is 1. The molecule has 0 saturated heterocycles. The summed E-state index contributed by atoms with van der Waals surface area (Å²) in [6.07, 6.45) is 4.58. The Hall–Kier alpha value is -1.88. The van der Waals surface area contributed by atoms with Crippen LogP contribution in [0.1, 0.15) is 25.7 Å². The van der Waals surface area contributed by atoms with Crippen molar-refractivity contribution in [1.29, 1.82) is 0 Å². The fourth-order valence-electron chi connectivity index (χ4n) is 2.80. The summed E-state index contributed by atoms with van der Waals surface area (Å²) in [5.74, 6) is -0.375. The van der Waals surface area contributed by atoms with Gasteiger partial charge in [0.15, 0.2) is 5.82 Å². The van der Waals surface area contributed by atoms with E-state index in [2.05, 4.69) is 10.3 Å². The molecular formula is C15H18FN3O. The normalized spacial score (nSPS) is 22.9. The zero-order chi connectivity index (χ0) is 14.1. The largest absolute Gasteiger partial charge is 0.398 e. The molecule has 106 valence electrons. The number of nitrogen functional groups attached to an aromatic ring is 1. The molecule has 3 rings (SSSR count). The Bertz CT molecular complexity index is 624. The lowest BCUT2D eigenvalue weighted by Gasteiger charge is -2.27. The Morgan fingerprint density at radius 3 is 2.80 bits per heavy atom. The maximum absolute atomic E-state index is 14.2. The Balaban J connectivity index is 1.95. The first-order valence-corrected chi connectivity index (χ1v) is 6.92. The van der Waals surface area contributed by atoms with Crippen LogP contribution in [-0.4, -0.2) is 22.2 Å². The minimum absolute atomic E-state index is 0.168. The molecule has 1 heterocycles. The van der Waals surface area contributed by atoms with Crippen molar-refractivity contribution < 1.29 is 9.50 Å². The molecule has 0 atom stereocenters. The van der Waals surface area contributed by atoms with Crippen LogP contribution in [0.15, 0.2) is 24.4 Å². The van der Waals surface area contributed by atoms with E-state index in [1.165, 1.54) is 6.07 Å². The fraction of sp³-hybridized carbons (Fsp3) is 0.400. The van der Waals surface area contributed by atoms with Crippen LogP contribution in [0, 0.1) is 5.82 Å². The van der Waals surface area contributed by atoms with Gasteiger partial charge in [-0.2, -0.15) is 0 Å². The van der Waals surface area contributed by atoms with Gasteiger partial charge in [0.2, 0.25) is 0 Å². The second-order valence-electron chi connectivity index (χ2n) is 5.37.